The summed E-state index contributed by atoms with van der Waals surface area (Å²) in [6, 6.07) is 5.97. The number of hydrogen-bond donors (Lipinski definition) is 1. The summed E-state index contributed by atoms with van der Waals surface area (Å²) in [7, 11) is 5.79. The maximum Gasteiger partial charge on any atom is 0.419 e. The van der Waals surface area contributed by atoms with Gasteiger partial charge in [-0.3, -0.25) is 4.57 Å². The van der Waals surface area contributed by atoms with Crippen LogP contribution in [0.15, 0.2) is 27.4 Å². The highest BCUT2D eigenvalue weighted by Gasteiger charge is 2.06. The van der Waals surface area contributed by atoms with Gasteiger partial charge in [-0.15, -0.1) is 0 Å². The summed E-state index contributed by atoms with van der Waals surface area (Å²) in [4.78, 5) is 13.7. The molecule has 19 heavy (non-hydrogen) atoms. The molecule has 1 N–H and O–H groups in total. The summed E-state index contributed by atoms with van der Waals surface area (Å²) in [5.74, 6) is -0.307. The minimum absolute atomic E-state index is 0.307. The molecule has 104 valence electrons. The Kier molecular flexibility index (Phi) is 4.39. The molecule has 0 saturated carbocycles. The van der Waals surface area contributed by atoms with Crippen LogP contribution in [-0.2, 0) is 13.5 Å². The second-order valence-electron chi connectivity index (χ2n) is 4.89. The van der Waals surface area contributed by atoms with E-state index in [9.17, 15) is 4.79 Å². The lowest BCUT2D eigenvalue weighted by atomic mass is 10.1. The van der Waals surface area contributed by atoms with Crippen LogP contribution >= 0.6 is 0 Å². The van der Waals surface area contributed by atoms with Crippen LogP contribution in [0.1, 0.15) is 5.56 Å². The second-order valence-corrected chi connectivity index (χ2v) is 4.89. The predicted octanol–water partition coefficient (Wildman–Crippen LogP) is 0.825. The molecule has 0 aliphatic rings. The number of aromatic nitrogens is 1. The van der Waals surface area contributed by atoms with E-state index in [1.165, 1.54) is 10.1 Å². The monoisotopic (exact) mass is 263 g/mol. The van der Waals surface area contributed by atoms with Gasteiger partial charge in [-0.25, -0.2) is 4.79 Å². The Morgan fingerprint density at radius 2 is 2.16 bits per heavy atom. The lowest BCUT2D eigenvalue weighted by Crippen LogP contribution is -2.29. The van der Waals surface area contributed by atoms with Crippen LogP contribution in [0.2, 0.25) is 0 Å². The summed E-state index contributed by atoms with van der Waals surface area (Å²) in [6.45, 7) is 3.01. The topological polar surface area (TPSA) is 50.4 Å². The zero-order valence-corrected chi connectivity index (χ0v) is 11.8. The molecule has 0 unspecified atom stereocenters. The quantitative estimate of drug-likeness (QED) is 0.838. The van der Waals surface area contributed by atoms with Crippen LogP contribution in [0.3, 0.4) is 0 Å². The van der Waals surface area contributed by atoms with Crippen LogP contribution in [0.4, 0.5) is 0 Å². The molecule has 0 aliphatic carbocycles. The number of oxazole rings is 1. The maximum atomic E-state index is 11.4. The molecule has 2 aromatic rings. The van der Waals surface area contributed by atoms with Crippen LogP contribution in [0, 0.1) is 0 Å². The van der Waals surface area contributed by atoms with Crippen LogP contribution in [0.25, 0.3) is 11.1 Å². The van der Waals surface area contributed by atoms with E-state index < -0.39 is 0 Å². The average molecular weight is 263 g/mol. The molecule has 1 heterocycles. The Bertz CT molecular complexity index is 600. The van der Waals surface area contributed by atoms with Gasteiger partial charge in [0.15, 0.2) is 5.58 Å². The number of aryl methyl sites for hydroxylation is 1. The fraction of sp³-hybridized carbons (Fsp3) is 0.500. The van der Waals surface area contributed by atoms with Gasteiger partial charge < -0.3 is 14.6 Å². The largest absolute Gasteiger partial charge is 0.419 e. The number of likely N-dealkylation sites (N-methyl/N-ethyl adjacent to an activating group) is 2. The fourth-order valence-electron chi connectivity index (χ4n) is 2.07. The van der Waals surface area contributed by atoms with Crippen molar-refractivity contribution < 1.29 is 4.42 Å². The molecule has 0 fully saturated rings. The lowest BCUT2D eigenvalue weighted by Gasteiger charge is -2.15. The van der Waals surface area contributed by atoms with E-state index in [1.807, 2.05) is 19.2 Å². The molecule has 0 aliphatic heterocycles. The van der Waals surface area contributed by atoms with Crippen molar-refractivity contribution in [3.05, 3.63) is 34.3 Å². The van der Waals surface area contributed by atoms with E-state index in [-0.39, 0.29) is 5.76 Å². The molecule has 5 heteroatoms. The van der Waals surface area contributed by atoms with Crippen molar-refractivity contribution in [2.24, 2.45) is 7.05 Å². The van der Waals surface area contributed by atoms with Crippen molar-refractivity contribution in [2.45, 2.75) is 6.42 Å². The van der Waals surface area contributed by atoms with Crippen molar-refractivity contribution in [1.29, 1.82) is 0 Å². The van der Waals surface area contributed by atoms with Gasteiger partial charge in [0.25, 0.3) is 0 Å². The number of nitrogens with one attached hydrogen (secondary N) is 1. The third kappa shape index (κ3) is 3.24. The van der Waals surface area contributed by atoms with Crippen molar-refractivity contribution in [2.75, 3.05) is 33.7 Å². The smallest absolute Gasteiger partial charge is 0.408 e. The Labute approximate surface area is 112 Å². The number of rotatable bonds is 6. The minimum Gasteiger partial charge on any atom is -0.408 e. The van der Waals surface area contributed by atoms with Crippen LogP contribution in [-0.4, -0.2) is 43.2 Å². The third-order valence-corrected chi connectivity index (χ3v) is 3.38. The Balaban J connectivity index is 2.03. The molecule has 1 aromatic heterocycles. The number of nitrogens with zero attached hydrogens (tertiary/aromatic N) is 2. The first-order valence-corrected chi connectivity index (χ1v) is 6.53. The van der Waals surface area contributed by atoms with Crippen molar-refractivity contribution in [3.8, 4) is 0 Å². The molecule has 0 radical (unpaired) electrons. The molecule has 0 amide bonds. The molecule has 0 saturated heterocycles. The highest BCUT2D eigenvalue weighted by atomic mass is 16.4. The molecule has 0 atom stereocenters. The van der Waals surface area contributed by atoms with Gasteiger partial charge in [0.1, 0.15) is 0 Å². The van der Waals surface area contributed by atoms with Crippen molar-refractivity contribution in [3.63, 3.8) is 0 Å². The van der Waals surface area contributed by atoms with E-state index in [2.05, 4.69) is 23.3 Å². The number of benzene rings is 1. The van der Waals surface area contributed by atoms with E-state index >= 15 is 0 Å². The molecular weight excluding hydrogens is 242 g/mol. The number of fused-ring (bicyclic) bond motifs is 1. The fourth-order valence-corrected chi connectivity index (χ4v) is 2.07. The SMILES string of the molecule is CNCCN(C)CCc1ccc2c(c1)oc(=O)n2C. The van der Waals surface area contributed by atoms with E-state index in [4.69, 9.17) is 4.42 Å². The molecule has 1 aromatic carbocycles. The normalized spacial score (nSPS) is 11.6. The molecule has 2 rings (SSSR count). The first-order valence-electron chi connectivity index (χ1n) is 6.53. The first kappa shape index (κ1) is 13.8. The lowest BCUT2D eigenvalue weighted by molar-refractivity contribution is 0.339. The van der Waals surface area contributed by atoms with Gasteiger partial charge in [0.05, 0.1) is 5.52 Å². The average Bonchev–Trinajstić information content (AvgIpc) is 2.69. The van der Waals surface area contributed by atoms with Crippen LogP contribution < -0.4 is 11.1 Å². The van der Waals surface area contributed by atoms with Gasteiger partial charge in [-0.2, -0.15) is 0 Å². The zero-order chi connectivity index (χ0) is 13.8. The minimum atomic E-state index is -0.307. The summed E-state index contributed by atoms with van der Waals surface area (Å²) in [5.41, 5.74) is 2.71. The highest BCUT2D eigenvalue weighted by Crippen LogP contribution is 2.14. The van der Waals surface area contributed by atoms with Gasteiger partial charge in [0, 0.05) is 26.7 Å². The van der Waals surface area contributed by atoms with Crippen LogP contribution in [0.5, 0.6) is 0 Å². The summed E-state index contributed by atoms with van der Waals surface area (Å²) in [6.07, 6.45) is 0.953. The second kappa shape index (κ2) is 6.04. The maximum absolute atomic E-state index is 11.4. The van der Waals surface area contributed by atoms with Gasteiger partial charge in [0.2, 0.25) is 0 Å². The summed E-state index contributed by atoms with van der Waals surface area (Å²) in [5, 5.41) is 3.14. The summed E-state index contributed by atoms with van der Waals surface area (Å²) < 4.78 is 6.72. The van der Waals surface area contributed by atoms with Gasteiger partial charge in [-0.05, 0) is 38.2 Å². The molecule has 0 bridgehead atoms. The molecule has 5 nitrogen and oxygen atoms in total. The highest BCUT2D eigenvalue weighted by molar-refractivity contribution is 5.73. The predicted molar refractivity (Wildman–Crippen MR) is 76.6 cm³/mol. The summed E-state index contributed by atoms with van der Waals surface area (Å²) >= 11 is 0. The first-order chi connectivity index (χ1) is 9.11. The number of hydrogen-bond acceptors (Lipinski definition) is 4. The standard InChI is InChI=1S/C14H21N3O2/c1-15-7-9-16(2)8-6-11-4-5-12-13(10-11)19-14(18)17(12)3/h4-5,10,15H,6-9H2,1-3H3. The van der Waals surface area contributed by atoms with E-state index in [0.717, 1.165) is 31.6 Å². The van der Waals surface area contributed by atoms with Gasteiger partial charge >= 0.3 is 5.76 Å². The Hall–Kier alpha value is -1.59. The third-order valence-electron chi connectivity index (χ3n) is 3.38. The Morgan fingerprint density at radius 3 is 2.89 bits per heavy atom. The Morgan fingerprint density at radius 1 is 1.37 bits per heavy atom. The van der Waals surface area contributed by atoms with Crippen molar-refractivity contribution >= 4 is 11.1 Å². The van der Waals surface area contributed by atoms with Gasteiger partial charge in [-0.1, -0.05) is 6.07 Å². The van der Waals surface area contributed by atoms with E-state index in [1.54, 1.807) is 7.05 Å². The molecular formula is C14H21N3O2. The van der Waals surface area contributed by atoms with Crippen molar-refractivity contribution in [1.82, 2.24) is 14.8 Å². The zero-order valence-electron chi connectivity index (χ0n) is 11.8. The molecule has 0 spiro atoms. The van der Waals surface area contributed by atoms with E-state index in [0.29, 0.717) is 5.58 Å².